The van der Waals surface area contributed by atoms with E-state index in [1.165, 1.54) is 36.8 Å². The van der Waals surface area contributed by atoms with Crippen LogP contribution in [-0.2, 0) is 6.42 Å². The van der Waals surface area contributed by atoms with Gasteiger partial charge in [0.05, 0.1) is 0 Å². The third kappa shape index (κ3) is 3.83. The summed E-state index contributed by atoms with van der Waals surface area (Å²) in [6.07, 6.45) is 6.16. The Bertz CT molecular complexity index is 349. The lowest BCUT2D eigenvalue weighted by atomic mass is 9.91. The van der Waals surface area contributed by atoms with Crippen molar-refractivity contribution >= 4 is 0 Å². The maximum absolute atomic E-state index is 6.12. The molecular formula is C15H24N2. The van der Waals surface area contributed by atoms with E-state index in [1.54, 1.807) is 0 Å². The van der Waals surface area contributed by atoms with Gasteiger partial charge in [0.15, 0.2) is 0 Å². The van der Waals surface area contributed by atoms with Crippen LogP contribution < -0.4 is 11.1 Å². The SMILES string of the molecule is Cc1cccc(CCNC2CCCCC2N)c1. The summed E-state index contributed by atoms with van der Waals surface area (Å²) in [7, 11) is 0. The Morgan fingerprint density at radius 3 is 2.88 bits per heavy atom. The molecule has 0 aliphatic heterocycles. The molecule has 2 heteroatoms. The van der Waals surface area contributed by atoms with Crippen molar-refractivity contribution in [2.45, 2.75) is 51.1 Å². The van der Waals surface area contributed by atoms with Crippen LogP contribution in [0.5, 0.6) is 0 Å². The first kappa shape index (κ1) is 12.6. The fraction of sp³-hybridized carbons (Fsp3) is 0.600. The average Bonchev–Trinajstić information content (AvgIpc) is 2.32. The molecule has 1 aromatic rings. The van der Waals surface area contributed by atoms with Crippen LogP contribution in [0.15, 0.2) is 24.3 Å². The van der Waals surface area contributed by atoms with E-state index >= 15 is 0 Å². The largest absolute Gasteiger partial charge is 0.326 e. The van der Waals surface area contributed by atoms with Crippen LogP contribution in [0.3, 0.4) is 0 Å². The number of aryl methyl sites for hydroxylation is 1. The summed E-state index contributed by atoms with van der Waals surface area (Å²) in [5.74, 6) is 0. The number of rotatable bonds is 4. The molecule has 0 heterocycles. The number of hydrogen-bond donors (Lipinski definition) is 2. The number of benzene rings is 1. The monoisotopic (exact) mass is 232 g/mol. The zero-order valence-electron chi connectivity index (χ0n) is 10.8. The van der Waals surface area contributed by atoms with Crippen LogP contribution in [0.2, 0.25) is 0 Å². The molecule has 0 aromatic heterocycles. The normalized spacial score (nSPS) is 24.8. The Morgan fingerprint density at radius 1 is 1.29 bits per heavy atom. The lowest BCUT2D eigenvalue weighted by molar-refractivity contribution is 0.329. The highest BCUT2D eigenvalue weighted by atomic mass is 14.9. The van der Waals surface area contributed by atoms with Gasteiger partial charge in [-0.2, -0.15) is 0 Å². The van der Waals surface area contributed by atoms with Gasteiger partial charge in [-0.3, -0.25) is 0 Å². The minimum absolute atomic E-state index is 0.362. The van der Waals surface area contributed by atoms with Gasteiger partial charge in [0, 0.05) is 12.1 Å². The second-order valence-electron chi connectivity index (χ2n) is 5.25. The van der Waals surface area contributed by atoms with Gasteiger partial charge >= 0.3 is 0 Å². The first-order chi connectivity index (χ1) is 8.25. The van der Waals surface area contributed by atoms with Gasteiger partial charge in [-0.25, -0.2) is 0 Å². The summed E-state index contributed by atoms with van der Waals surface area (Å²) in [4.78, 5) is 0. The van der Waals surface area contributed by atoms with Crippen molar-refractivity contribution in [2.24, 2.45) is 5.73 Å². The zero-order chi connectivity index (χ0) is 12.1. The first-order valence-corrected chi connectivity index (χ1v) is 6.80. The lowest BCUT2D eigenvalue weighted by Crippen LogP contribution is -2.47. The summed E-state index contributed by atoms with van der Waals surface area (Å²) in [5.41, 5.74) is 8.88. The van der Waals surface area contributed by atoms with Crippen LogP contribution in [0, 0.1) is 6.92 Å². The van der Waals surface area contributed by atoms with E-state index in [1.807, 2.05) is 0 Å². The maximum Gasteiger partial charge on any atom is 0.0219 e. The molecule has 0 spiro atoms. The number of nitrogens with two attached hydrogens (primary N) is 1. The highest BCUT2D eigenvalue weighted by Crippen LogP contribution is 2.16. The van der Waals surface area contributed by atoms with Crippen LogP contribution in [0.25, 0.3) is 0 Å². The molecule has 3 N–H and O–H groups in total. The Morgan fingerprint density at radius 2 is 2.12 bits per heavy atom. The second kappa shape index (κ2) is 6.18. The molecule has 17 heavy (non-hydrogen) atoms. The molecule has 1 fully saturated rings. The highest BCUT2D eigenvalue weighted by molar-refractivity contribution is 5.22. The van der Waals surface area contributed by atoms with Gasteiger partial charge in [0.2, 0.25) is 0 Å². The molecule has 1 aliphatic rings. The quantitative estimate of drug-likeness (QED) is 0.836. The van der Waals surface area contributed by atoms with Crippen molar-refractivity contribution in [3.05, 3.63) is 35.4 Å². The van der Waals surface area contributed by atoms with Crippen molar-refractivity contribution in [1.82, 2.24) is 5.32 Å². The molecule has 94 valence electrons. The third-order valence-electron chi connectivity index (χ3n) is 3.72. The van der Waals surface area contributed by atoms with E-state index in [9.17, 15) is 0 Å². The van der Waals surface area contributed by atoms with Crippen molar-refractivity contribution in [1.29, 1.82) is 0 Å². The molecule has 2 rings (SSSR count). The third-order valence-corrected chi connectivity index (χ3v) is 3.72. The maximum atomic E-state index is 6.12. The predicted octanol–water partition coefficient (Wildman–Crippen LogP) is 2.40. The smallest absolute Gasteiger partial charge is 0.0219 e. The lowest BCUT2D eigenvalue weighted by Gasteiger charge is -2.29. The molecule has 1 aromatic carbocycles. The predicted molar refractivity (Wildman–Crippen MR) is 73.1 cm³/mol. The van der Waals surface area contributed by atoms with E-state index in [0.717, 1.165) is 13.0 Å². The van der Waals surface area contributed by atoms with Crippen molar-refractivity contribution in [2.75, 3.05) is 6.54 Å². The molecule has 0 radical (unpaired) electrons. The van der Waals surface area contributed by atoms with Crippen LogP contribution in [0.4, 0.5) is 0 Å². The van der Waals surface area contributed by atoms with Gasteiger partial charge < -0.3 is 11.1 Å². The summed E-state index contributed by atoms with van der Waals surface area (Å²) in [6.45, 7) is 3.19. The standard InChI is InChI=1S/C15H24N2/c1-12-5-4-6-13(11-12)9-10-17-15-8-3-2-7-14(15)16/h4-6,11,14-15,17H,2-3,7-10,16H2,1H3. The minimum atomic E-state index is 0.362. The van der Waals surface area contributed by atoms with Crippen molar-refractivity contribution in [3.63, 3.8) is 0 Å². The number of nitrogens with one attached hydrogen (secondary N) is 1. The van der Waals surface area contributed by atoms with Crippen LogP contribution in [0.1, 0.15) is 36.8 Å². The van der Waals surface area contributed by atoms with Crippen LogP contribution >= 0.6 is 0 Å². The molecule has 0 bridgehead atoms. The fourth-order valence-electron chi connectivity index (χ4n) is 2.68. The van der Waals surface area contributed by atoms with Gasteiger partial charge in [0.1, 0.15) is 0 Å². The molecule has 1 aliphatic carbocycles. The molecule has 1 saturated carbocycles. The summed E-state index contributed by atoms with van der Waals surface area (Å²) < 4.78 is 0. The van der Waals surface area contributed by atoms with Gasteiger partial charge in [0.25, 0.3) is 0 Å². The van der Waals surface area contributed by atoms with Gasteiger partial charge in [-0.05, 0) is 38.3 Å². The molecule has 0 amide bonds. The minimum Gasteiger partial charge on any atom is -0.326 e. The Balaban J connectivity index is 1.75. The summed E-state index contributed by atoms with van der Waals surface area (Å²) in [6, 6.07) is 9.65. The van der Waals surface area contributed by atoms with Crippen LogP contribution in [-0.4, -0.2) is 18.6 Å². The van der Waals surface area contributed by atoms with E-state index < -0.39 is 0 Å². The van der Waals surface area contributed by atoms with E-state index in [2.05, 4.69) is 36.5 Å². The Labute approximate surface area is 105 Å². The van der Waals surface area contributed by atoms with Gasteiger partial charge in [-0.1, -0.05) is 42.7 Å². The van der Waals surface area contributed by atoms with E-state index in [-0.39, 0.29) is 0 Å². The highest BCUT2D eigenvalue weighted by Gasteiger charge is 2.20. The van der Waals surface area contributed by atoms with Gasteiger partial charge in [-0.15, -0.1) is 0 Å². The van der Waals surface area contributed by atoms with Crippen molar-refractivity contribution < 1.29 is 0 Å². The van der Waals surface area contributed by atoms with E-state index in [4.69, 9.17) is 5.73 Å². The second-order valence-corrected chi connectivity index (χ2v) is 5.25. The number of hydrogen-bond acceptors (Lipinski definition) is 2. The molecule has 2 unspecified atom stereocenters. The molecular weight excluding hydrogens is 208 g/mol. The average molecular weight is 232 g/mol. The zero-order valence-corrected chi connectivity index (χ0v) is 10.8. The topological polar surface area (TPSA) is 38.0 Å². The Hall–Kier alpha value is -0.860. The summed E-state index contributed by atoms with van der Waals surface area (Å²) >= 11 is 0. The summed E-state index contributed by atoms with van der Waals surface area (Å²) in [5, 5.41) is 3.61. The molecule has 0 saturated heterocycles. The Kier molecular flexibility index (Phi) is 4.57. The van der Waals surface area contributed by atoms with Crippen molar-refractivity contribution in [3.8, 4) is 0 Å². The van der Waals surface area contributed by atoms with E-state index in [0.29, 0.717) is 12.1 Å². The molecule has 2 nitrogen and oxygen atoms in total. The fourth-order valence-corrected chi connectivity index (χ4v) is 2.68. The first-order valence-electron chi connectivity index (χ1n) is 6.80. The molecule has 2 atom stereocenters.